The van der Waals surface area contributed by atoms with Gasteiger partial charge in [-0.05, 0) is 12.1 Å². The van der Waals surface area contributed by atoms with Crippen LogP contribution in [-0.2, 0) is 0 Å². The summed E-state index contributed by atoms with van der Waals surface area (Å²) in [7, 11) is 0. The number of hydrogen-bond donors (Lipinski definition) is 1. The van der Waals surface area contributed by atoms with Gasteiger partial charge in [-0.2, -0.15) is 0 Å². The molecule has 1 heterocycles. The molecule has 0 aliphatic carbocycles. The molecule has 0 saturated carbocycles. The van der Waals surface area contributed by atoms with Crippen molar-refractivity contribution in [3.63, 3.8) is 0 Å². The SMILES string of the molecule is Clc1cccc2[nH]c(-c3ccccc3)nc12. The van der Waals surface area contributed by atoms with E-state index in [9.17, 15) is 0 Å². The summed E-state index contributed by atoms with van der Waals surface area (Å²) >= 11 is 6.08. The molecule has 0 bridgehead atoms. The Morgan fingerprint density at radius 1 is 0.938 bits per heavy atom. The molecule has 0 saturated heterocycles. The number of para-hydroxylation sites is 1. The van der Waals surface area contributed by atoms with E-state index in [1.807, 2.05) is 48.5 Å². The van der Waals surface area contributed by atoms with Crippen molar-refractivity contribution in [2.75, 3.05) is 0 Å². The first-order chi connectivity index (χ1) is 7.84. The molecule has 2 nitrogen and oxygen atoms in total. The van der Waals surface area contributed by atoms with Crippen LogP contribution in [0.2, 0.25) is 5.02 Å². The summed E-state index contributed by atoms with van der Waals surface area (Å²) in [5.74, 6) is 0.851. The highest BCUT2D eigenvalue weighted by Gasteiger charge is 2.06. The standard InChI is InChI=1S/C13H9ClN2/c14-10-7-4-8-11-12(10)16-13(15-11)9-5-2-1-3-6-9/h1-8H,(H,15,16). The highest BCUT2D eigenvalue weighted by atomic mass is 35.5. The quantitative estimate of drug-likeness (QED) is 0.673. The smallest absolute Gasteiger partial charge is 0.138 e. The van der Waals surface area contributed by atoms with Crippen LogP contribution in [0, 0.1) is 0 Å². The molecule has 3 heteroatoms. The van der Waals surface area contributed by atoms with Crippen LogP contribution >= 0.6 is 11.6 Å². The lowest BCUT2D eigenvalue weighted by atomic mass is 10.2. The van der Waals surface area contributed by atoms with Gasteiger partial charge in [0.15, 0.2) is 0 Å². The third-order valence-corrected chi connectivity index (χ3v) is 2.82. The second kappa shape index (κ2) is 3.65. The monoisotopic (exact) mass is 228 g/mol. The highest BCUT2D eigenvalue weighted by Crippen LogP contribution is 2.25. The zero-order valence-electron chi connectivity index (χ0n) is 8.44. The van der Waals surface area contributed by atoms with Gasteiger partial charge in [0, 0.05) is 5.56 Å². The molecule has 0 spiro atoms. The van der Waals surface area contributed by atoms with E-state index in [1.54, 1.807) is 0 Å². The maximum Gasteiger partial charge on any atom is 0.138 e. The van der Waals surface area contributed by atoms with Crippen molar-refractivity contribution in [2.24, 2.45) is 0 Å². The molecule has 78 valence electrons. The summed E-state index contributed by atoms with van der Waals surface area (Å²) in [6, 6.07) is 15.7. The van der Waals surface area contributed by atoms with Crippen molar-refractivity contribution in [3.8, 4) is 11.4 Å². The maximum atomic E-state index is 6.08. The lowest BCUT2D eigenvalue weighted by molar-refractivity contribution is 1.34. The number of halogens is 1. The van der Waals surface area contributed by atoms with E-state index in [2.05, 4.69) is 9.97 Å². The van der Waals surface area contributed by atoms with Crippen molar-refractivity contribution < 1.29 is 0 Å². The molecule has 0 fully saturated rings. The molecule has 16 heavy (non-hydrogen) atoms. The topological polar surface area (TPSA) is 28.7 Å². The minimum atomic E-state index is 0.677. The molecule has 2 aromatic carbocycles. The van der Waals surface area contributed by atoms with Gasteiger partial charge in [-0.25, -0.2) is 4.98 Å². The van der Waals surface area contributed by atoms with Crippen LogP contribution in [0.1, 0.15) is 0 Å². The van der Waals surface area contributed by atoms with Crippen LogP contribution in [0.4, 0.5) is 0 Å². The third kappa shape index (κ3) is 1.48. The van der Waals surface area contributed by atoms with Gasteiger partial charge in [-0.3, -0.25) is 0 Å². The molecule has 0 unspecified atom stereocenters. The molecular formula is C13H9ClN2. The Bertz CT molecular complexity index is 629. The fourth-order valence-electron chi connectivity index (χ4n) is 1.73. The molecule has 3 rings (SSSR count). The molecule has 1 N–H and O–H groups in total. The van der Waals surface area contributed by atoms with E-state index in [4.69, 9.17) is 11.6 Å². The van der Waals surface area contributed by atoms with Crippen molar-refractivity contribution in [1.82, 2.24) is 9.97 Å². The number of hydrogen-bond acceptors (Lipinski definition) is 1. The first-order valence-corrected chi connectivity index (χ1v) is 5.42. The number of benzene rings is 2. The molecule has 3 aromatic rings. The van der Waals surface area contributed by atoms with Gasteiger partial charge in [0.1, 0.15) is 11.3 Å². The van der Waals surface area contributed by atoms with Gasteiger partial charge < -0.3 is 4.98 Å². The molecule has 0 aliphatic rings. The van der Waals surface area contributed by atoms with E-state index in [0.717, 1.165) is 22.4 Å². The maximum absolute atomic E-state index is 6.08. The number of aromatic amines is 1. The van der Waals surface area contributed by atoms with E-state index in [0.29, 0.717) is 5.02 Å². The van der Waals surface area contributed by atoms with Gasteiger partial charge >= 0.3 is 0 Å². The van der Waals surface area contributed by atoms with Crippen LogP contribution in [-0.4, -0.2) is 9.97 Å². The van der Waals surface area contributed by atoms with Crippen molar-refractivity contribution >= 4 is 22.6 Å². The number of aromatic nitrogens is 2. The number of H-pyrrole nitrogens is 1. The largest absolute Gasteiger partial charge is 0.338 e. The lowest BCUT2D eigenvalue weighted by Crippen LogP contribution is -1.77. The van der Waals surface area contributed by atoms with Crippen LogP contribution in [0.25, 0.3) is 22.4 Å². The molecule has 0 radical (unpaired) electrons. The first kappa shape index (κ1) is 9.43. The molecule has 0 atom stereocenters. The Labute approximate surface area is 97.9 Å². The number of nitrogens with zero attached hydrogens (tertiary/aromatic N) is 1. The molecule has 1 aromatic heterocycles. The number of imidazole rings is 1. The molecule has 0 amide bonds. The van der Waals surface area contributed by atoms with Crippen LogP contribution in [0.15, 0.2) is 48.5 Å². The van der Waals surface area contributed by atoms with Gasteiger partial charge in [0.05, 0.1) is 10.5 Å². The van der Waals surface area contributed by atoms with Crippen molar-refractivity contribution in [3.05, 3.63) is 53.6 Å². The number of rotatable bonds is 1. The summed E-state index contributed by atoms with van der Waals surface area (Å²) < 4.78 is 0. The fraction of sp³-hybridized carbons (Fsp3) is 0. The Kier molecular flexibility index (Phi) is 2.15. The Morgan fingerprint density at radius 3 is 2.50 bits per heavy atom. The zero-order valence-corrected chi connectivity index (χ0v) is 9.20. The summed E-state index contributed by atoms with van der Waals surface area (Å²) in [5, 5.41) is 0.677. The van der Waals surface area contributed by atoms with Crippen molar-refractivity contribution in [2.45, 2.75) is 0 Å². The normalized spacial score (nSPS) is 10.8. The van der Waals surface area contributed by atoms with Crippen LogP contribution in [0.5, 0.6) is 0 Å². The highest BCUT2D eigenvalue weighted by molar-refractivity contribution is 6.34. The van der Waals surface area contributed by atoms with Gasteiger partial charge in [0.2, 0.25) is 0 Å². The first-order valence-electron chi connectivity index (χ1n) is 5.04. The summed E-state index contributed by atoms with van der Waals surface area (Å²) in [6.07, 6.45) is 0. The van der Waals surface area contributed by atoms with E-state index in [1.165, 1.54) is 0 Å². The predicted octanol–water partition coefficient (Wildman–Crippen LogP) is 3.88. The minimum absolute atomic E-state index is 0.677. The lowest BCUT2D eigenvalue weighted by Gasteiger charge is -1.93. The van der Waals surface area contributed by atoms with Gasteiger partial charge in [-0.15, -0.1) is 0 Å². The zero-order chi connectivity index (χ0) is 11.0. The molecule has 0 aliphatic heterocycles. The van der Waals surface area contributed by atoms with Crippen LogP contribution in [0.3, 0.4) is 0 Å². The molecular weight excluding hydrogens is 220 g/mol. The fourth-order valence-corrected chi connectivity index (χ4v) is 1.95. The van der Waals surface area contributed by atoms with Gasteiger partial charge in [0.25, 0.3) is 0 Å². The second-order valence-corrected chi connectivity index (χ2v) is 3.99. The van der Waals surface area contributed by atoms with Crippen LogP contribution < -0.4 is 0 Å². The van der Waals surface area contributed by atoms with E-state index >= 15 is 0 Å². The third-order valence-electron chi connectivity index (χ3n) is 2.51. The van der Waals surface area contributed by atoms with Gasteiger partial charge in [-0.1, -0.05) is 48.0 Å². The van der Waals surface area contributed by atoms with E-state index in [-0.39, 0.29) is 0 Å². The summed E-state index contributed by atoms with van der Waals surface area (Å²) in [4.78, 5) is 7.75. The minimum Gasteiger partial charge on any atom is -0.338 e. The Balaban J connectivity index is 2.23. The Hall–Kier alpha value is -1.80. The summed E-state index contributed by atoms with van der Waals surface area (Å²) in [5.41, 5.74) is 2.85. The summed E-state index contributed by atoms with van der Waals surface area (Å²) in [6.45, 7) is 0. The van der Waals surface area contributed by atoms with Crippen molar-refractivity contribution in [1.29, 1.82) is 0 Å². The predicted molar refractivity (Wildman–Crippen MR) is 66.5 cm³/mol. The number of fused-ring (bicyclic) bond motifs is 1. The second-order valence-electron chi connectivity index (χ2n) is 3.59. The Morgan fingerprint density at radius 2 is 1.75 bits per heavy atom. The number of nitrogens with one attached hydrogen (secondary N) is 1. The van der Waals surface area contributed by atoms with E-state index < -0.39 is 0 Å². The average Bonchev–Trinajstić information content (AvgIpc) is 2.76. The average molecular weight is 229 g/mol.